The third-order valence-corrected chi connectivity index (χ3v) is 5.40. The van der Waals surface area contributed by atoms with Crippen LogP contribution in [0.2, 0.25) is 0 Å². The first-order valence-electron chi connectivity index (χ1n) is 9.72. The summed E-state index contributed by atoms with van der Waals surface area (Å²) in [5, 5.41) is 13.3. The quantitative estimate of drug-likeness (QED) is 0.604. The van der Waals surface area contributed by atoms with E-state index in [-0.39, 0.29) is 24.1 Å². The molecule has 1 amide bonds. The molecule has 3 aromatic heterocycles. The molecule has 29 heavy (non-hydrogen) atoms. The average Bonchev–Trinajstić information content (AvgIpc) is 3.33. The molecule has 0 unspecified atom stereocenters. The fourth-order valence-corrected chi connectivity index (χ4v) is 3.71. The highest BCUT2D eigenvalue weighted by Crippen LogP contribution is 2.32. The summed E-state index contributed by atoms with van der Waals surface area (Å²) in [5.41, 5.74) is 1.52. The van der Waals surface area contributed by atoms with Gasteiger partial charge >= 0.3 is 0 Å². The number of rotatable bonds is 8. The molecule has 3 aromatic rings. The predicted octanol–water partition coefficient (Wildman–Crippen LogP) is 3.88. The van der Waals surface area contributed by atoms with Crippen molar-refractivity contribution in [2.45, 2.75) is 53.1 Å². The lowest BCUT2D eigenvalue weighted by Crippen LogP contribution is -2.38. The Balaban J connectivity index is 1.86. The molecule has 0 spiro atoms. The Kier molecular flexibility index (Phi) is 6.64. The van der Waals surface area contributed by atoms with E-state index in [1.165, 1.54) is 22.1 Å². The van der Waals surface area contributed by atoms with Gasteiger partial charge in [0.05, 0.1) is 16.1 Å². The molecular formula is C21H26N4O3S. The van der Waals surface area contributed by atoms with Gasteiger partial charge in [0.25, 0.3) is 5.56 Å². The van der Waals surface area contributed by atoms with Crippen molar-refractivity contribution in [2.75, 3.05) is 0 Å². The van der Waals surface area contributed by atoms with Crippen molar-refractivity contribution < 1.29 is 9.32 Å². The van der Waals surface area contributed by atoms with Gasteiger partial charge in [-0.15, -0.1) is 11.3 Å². The third kappa shape index (κ3) is 5.41. The van der Waals surface area contributed by atoms with Gasteiger partial charge in [-0.3, -0.25) is 9.59 Å². The highest BCUT2D eigenvalue weighted by molar-refractivity contribution is 7.13. The molecule has 0 aliphatic heterocycles. The van der Waals surface area contributed by atoms with E-state index in [0.29, 0.717) is 22.9 Å². The van der Waals surface area contributed by atoms with Crippen molar-refractivity contribution in [2.24, 2.45) is 5.92 Å². The number of carbonyl (C=O) groups is 1. The van der Waals surface area contributed by atoms with Crippen molar-refractivity contribution in [1.29, 1.82) is 0 Å². The Morgan fingerprint density at radius 2 is 2.07 bits per heavy atom. The largest absolute Gasteiger partial charge is 0.356 e. The second-order valence-electron chi connectivity index (χ2n) is 7.65. The van der Waals surface area contributed by atoms with Gasteiger partial charge in [0, 0.05) is 18.2 Å². The molecule has 0 bridgehead atoms. The van der Waals surface area contributed by atoms with Crippen molar-refractivity contribution in [3.63, 3.8) is 0 Å². The molecule has 3 rings (SSSR count). The number of hydrogen-bond donors (Lipinski definition) is 1. The number of amides is 1. The van der Waals surface area contributed by atoms with Gasteiger partial charge in [-0.05, 0) is 44.1 Å². The number of nitrogens with zero attached hydrogens (tertiary/aromatic N) is 3. The summed E-state index contributed by atoms with van der Waals surface area (Å²) in [4.78, 5) is 26.0. The van der Waals surface area contributed by atoms with Crippen LogP contribution in [-0.2, 0) is 11.3 Å². The number of carbonyl (C=O) groups excluding carboxylic acids is 1. The SMILES string of the molecule is Cc1cc(-c2cc(=O)n(CC(=O)N[C@H](C)CCC(C)C)nc2-c2cccs2)on1. The fourth-order valence-electron chi connectivity index (χ4n) is 2.99. The zero-order chi connectivity index (χ0) is 21.0. The number of aryl methyl sites for hydroxylation is 1. The molecule has 0 aliphatic rings. The van der Waals surface area contributed by atoms with Crippen molar-refractivity contribution >= 4 is 17.2 Å². The molecule has 3 heterocycles. The zero-order valence-electron chi connectivity index (χ0n) is 17.1. The molecule has 0 aromatic carbocycles. The maximum absolute atomic E-state index is 12.6. The van der Waals surface area contributed by atoms with Crippen LogP contribution in [0.15, 0.2) is 39.0 Å². The molecule has 8 heteroatoms. The lowest BCUT2D eigenvalue weighted by Gasteiger charge is -2.16. The third-order valence-electron chi connectivity index (χ3n) is 4.52. The highest BCUT2D eigenvalue weighted by Gasteiger charge is 2.18. The van der Waals surface area contributed by atoms with Gasteiger partial charge < -0.3 is 9.84 Å². The second kappa shape index (κ2) is 9.17. The van der Waals surface area contributed by atoms with Gasteiger partial charge in [-0.25, -0.2) is 4.68 Å². The molecule has 1 atom stereocenters. The highest BCUT2D eigenvalue weighted by atomic mass is 32.1. The summed E-state index contributed by atoms with van der Waals surface area (Å²) < 4.78 is 6.55. The van der Waals surface area contributed by atoms with Crippen LogP contribution in [-0.4, -0.2) is 26.9 Å². The summed E-state index contributed by atoms with van der Waals surface area (Å²) in [6.45, 7) is 7.97. The van der Waals surface area contributed by atoms with E-state index in [9.17, 15) is 9.59 Å². The average molecular weight is 415 g/mol. The molecule has 1 N–H and O–H groups in total. The van der Waals surface area contributed by atoms with Crippen LogP contribution in [0.1, 0.15) is 39.3 Å². The van der Waals surface area contributed by atoms with E-state index in [1.54, 1.807) is 6.07 Å². The van der Waals surface area contributed by atoms with Crippen LogP contribution >= 0.6 is 11.3 Å². The standard InChI is InChI=1S/C21H26N4O3S/c1-13(2)7-8-14(3)22-19(26)12-25-20(27)11-16(17-10-15(4)24-28-17)21(23-25)18-6-5-9-29-18/h5-6,9-11,13-14H,7-8,12H2,1-4H3,(H,22,26)/t14-/m1/s1. The monoisotopic (exact) mass is 414 g/mol. The van der Waals surface area contributed by atoms with E-state index in [1.807, 2.05) is 31.4 Å². The van der Waals surface area contributed by atoms with Crippen molar-refractivity contribution in [3.05, 3.63) is 45.7 Å². The fraction of sp³-hybridized carbons (Fsp3) is 0.429. The zero-order valence-corrected chi connectivity index (χ0v) is 18.0. The minimum atomic E-state index is -0.362. The van der Waals surface area contributed by atoms with E-state index in [2.05, 4.69) is 29.4 Å². The molecule has 0 saturated heterocycles. The van der Waals surface area contributed by atoms with Crippen LogP contribution < -0.4 is 10.9 Å². The Morgan fingerprint density at radius 3 is 2.69 bits per heavy atom. The molecule has 0 fully saturated rings. The first-order chi connectivity index (χ1) is 13.8. The Labute approximate surface area is 173 Å². The van der Waals surface area contributed by atoms with Crippen LogP contribution in [0.3, 0.4) is 0 Å². The summed E-state index contributed by atoms with van der Waals surface area (Å²) in [5.74, 6) is 0.838. The first-order valence-corrected chi connectivity index (χ1v) is 10.6. The summed E-state index contributed by atoms with van der Waals surface area (Å²) in [7, 11) is 0. The number of nitrogens with one attached hydrogen (secondary N) is 1. The summed E-state index contributed by atoms with van der Waals surface area (Å²) in [6.07, 6.45) is 1.93. The van der Waals surface area contributed by atoms with Gasteiger partial charge in [-0.2, -0.15) is 5.10 Å². The van der Waals surface area contributed by atoms with Crippen LogP contribution in [0, 0.1) is 12.8 Å². The van der Waals surface area contributed by atoms with Gasteiger partial charge in [0.15, 0.2) is 5.76 Å². The van der Waals surface area contributed by atoms with E-state index < -0.39 is 0 Å². The maximum Gasteiger partial charge on any atom is 0.268 e. The maximum atomic E-state index is 12.6. The molecule has 0 radical (unpaired) electrons. The normalized spacial score (nSPS) is 12.3. The smallest absolute Gasteiger partial charge is 0.268 e. The molecule has 154 valence electrons. The van der Waals surface area contributed by atoms with Crippen LogP contribution in [0.4, 0.5) is 0 Å². The van der Waals surface area contributed by atoms with E-state index in [4.69, 9.17) is 4.52 Å². The van der Waals surface area contributed by atoms with Crippen LogP contribution in [0.5, 0.6) is 0 Å². The number of aromatic nitrogens is 3. The lowest BCUT2D eigenvalue weighted by atomic mass is 10.0. The van der Waals surface area contributed by atoms with Gasteiger partial charge in [-0.1, -0.05) is 25.1 Å². The van der Waals surface area contributed by atoms with Crippen molar-refractivity contribution in [1.82, 2.24) is 20.3 Å². The molecule has 0 saturated carbocycles. The molecule has 7 nitrogen and oxygen atoms in total. The van der Waals surface area contributed by atoms with Gasteiger partial charge in [0.1, 0.15) is 12.2 Å². The minimum absolute atomic E-state index is 0.0498. The van der Waals surface area contributed by atoms with Crippen molar-refractivity contribution in [3.8, 4) is 21.9 Å². The van der Waals surface area contributed by atoms with Crippen LogP contribution in [0.25, 0.3) is 21.9 Å². The molecular weight excluding hydrogens is 388 g/mol. The van der Waals surface area contributed by atoms with E-state index in [0.717, 1.165) is 23.4 Å². The van der Waals surface area contributed by atoms with Gasteiger partial charge in [0.2, 0.25) is 5.91 Å². The second-order valence-corrected chi connectivity index (χ2v) is 8.60. The Hall–Kier alpha value is -2.74. The Bertz CT molecular complexity index is 1020. The summed E-state index contributed by atoms with van der Waals surface area (Å²) >= 11 is 1.50. The Morgan fingerprint density at radius 1 is 1.28 bits per heavy atom. The summed E-state index contributed by atoms with van der Waals surface area (Å²) in [6, 6.07) is 7.10. The number of thiophene rings is 1. The minimum Gasteiger partial charge on any atom is -0.356 e. The lowest BCUT2D eigenvalue weighted by molar-refractivity contribution is -0.122. The molecule has 0 aliphatic carbocycles. The predicted molar refractivity (Wildman–Crippen MR) is 114 cm³/mol. The first kappa shape index (κ1) is 21.0. The van der Waals surface area contributed by atoms with E-state index >= 15 is 0 Å². The number of hydrogen-bond acceptors (Lipinski definition) is 6. The topological polar surface area (TPSA) is 90.0 Å².